The van der Waals surface area contributed by atoms with Gasteiger partial charge in [0.25, 0.3) is 5.91 Å². The third-order valence-electron chi connectivity index (χ3n) is 6.32. The standard InChI is InChI=1S/C24H32N6O2/c1-18-3-6-22(29-13-11-28(12-14-29)19(2)31)15-21(18)8-10-30(16-20-4-5-20)27-24(32)23-7-9-25-17-26-23/h3,6-7,9,15,17,20H,4-5,8,10-14,16H2,1-2H3,(H,27,32). The number of piperazine rings is 1. The molecule has 2 amide bonds. The lowest BCUT2D eigenvalue weighted by Crippen LogP contribution is -2.48. The zero-order chi connectivity index (χ0) is 22.5. The molecule has 0 spiro atoms. The molecule has 0 radical (unpaired) electrons. The van der Waals surface area contributed by atoms with Crippen LogP contribution in [-0.2, 0) is 11.2 Å². The van der Waals surface area contributed by atoms with Crippen molar-refractivity contribution in [3.63, 3.8) is 0 Å². The maximum atomic E-state index is 12.6. The molecule has 1 saturated heterocycles. The summed E-state index contributed by atoms with van der Waals surface area (Å²) in [4.78, 5) is 36.4. The van der Waals surface area contributed by atoms with Crippen LogP contribution >= 0.6 is 0 Å². The highest BCUT2D eigenvalue weighted by Crippen LogP contribution is 2.29. The summed E-state index contributed by atoms with van der Waals surface area (Å²) < 4.78 is 0. The summed E-state index contributed by atoms with van der Waals surface area (Å²) in [6.45, 7) is 8.62. The van der Waals surface area contributed by atoms with Crippen molar-refractivity contribution >= 4 is 17.5 Å². The van der Waals surface area contributed by atoms with Crippen LogP contribution in [0.1, 0.15) is 41.4 Å². The highest BCUT2D eigenvalue weighted by molar-refractivity contribution is 5.91. The smallest absolute Gasteiger partial charge is 0.284 e. The van der Waals surface area contributed by atoms with Gasteiger partial charge in [-0.25, -0.2) is 15.0 Å². The van der Waals surface area contributed by atoms with Gasteiger partial charge in [-0.3, -0.25) is 15.0 Å². The number of hydrogen-bond donors (Lipinski definition) is 1. The van der Waals surface area contributed by atoms with E-state index in [1.807, 2.05) is 9.91 Å². The number of nitrogens with one attached hydrogen (secondary N) is 1. The average molecular weight is 437 g/mol. The van der Waals surface area contributed by atoms with Gasteiger partial charge < -0.3 is 9.80 Å². The molecule has 170 valence electrons. The fourth-order valence-electron chi connectivity index (χ4n) is 4.09. The Kier molecular flexibility index (Phi) is 6.99. The van der Waals surface area contributed by atoms with E-state index in [0.29, 0.717) is 11.6 Å². The summed E-state index contributed by atoms with van der Waals surface area (Å²) in [7, 11) is 0. The molecule has 0 atom stereocenters. The van der Waals surface area contributed by atoms with Crippen molar-refractivity contribution in [2.45, 2.75) is 33.1 Å². The van der Waals surface area contributed by atoms with Crippen LogP contribution in [0.4, 0.5) is 5.69 Å². The number of aryl methyl sites for hydroxylation is 1. The fraction of sp³-hybridized carbons (Fsp3) is 0.500. The Hall–Kier alpha value is -3.00. The Balaban J connectivity index is 1.39. The van der Waals surface area contributed by atoms with Gasteiger partial charge in [0, 0.05) is 58.1 Å². The summed E-state index contributed by atoms with van der Waals surface area (Å²) in [5, 5.41) is 2.04. The zero-order valence-electron chi connectivity index (χ0n) is 19.0. The number of aromatic nitrogens is 2. The molecule has 2 fully saturated rings. The normalized spacial score (nSPS) is 16.3. The van der Waals surface area contributed by atoms with Gasteiger partial charge in [0.05, 0.1) is 0 Å². The molecule has 8 heteroatoms. The number of hydrazine groups is 1. The lowest BCUT2D eigenvalue weighted by Gasteiger charge is -2.36. The molecule has 2 heterocycles. The van der Waals surface area contributed by atoms with Gasteiger partial charge in [0.2, 0.25) is 5.91 Å². The van der Waals surface area contributed by atoms with E-state index in [0.717, 1.165) is 45.7 Å². The van der Waals surface area contributed by atoms with E-state index in [9.17, 15) is 9.59 Å². The fourth-order valence-corrected chi connectivity index (χ4v) is 4.09. The van der Waals surface area contributed by atoms with Crippen molar-refractivity contribution < 1.29 is 9.59 Å². The van der Waals surface area contributed by atoms with Crippen molar-refractivity contribution in [2.75, 3.05) is 44.2 Å². The number of carbonyl (C=O) groups excluding carboxylic acids is 2. The number of nitrogens with zero attached hydrogens (tertiary/aromatic N) is 5. The molecule has 0 bridgehead atoms. The van der Waals surface area contributed by atoms with Crippen LogP contribution in [0.25, 0.3) is 0 Å². The van der Waals surface area contributed by atoms with Gasteiger partial charge in [-0.2, -0.15) is 0 Å². The molecular weight excluding hydrogens is 404 g/mol. The van der Waals surface area contributed by atoms with Crippen molar-refractivity contribution in [2.24, 2.45) is 5.92 Å². The van der Waals surface area contributed by atoms with E-state index in [1.165, 1.54) is 36.0 Å². The van der Waals surface area contributed by atoms with Crippen LogP contribution in [0.15, 0.2) is 36.8 Å². The predicted molar refractivity (Wildman–Crippen MR) is 123 cm³/mol. The SMILES string of the molecule is CC(=O)N1CCN(c2ccc(C)c(CCN(CC3CC3)NC(=O)c3ccncn3)c2)CC1. The summed E-state index contributed by atoms with van der Waals surface area (Å²) in [5.74, 6) is 0.613. The molecule has 1 aromatic carbocycles. The Labute approximate surface area is 189 Å². The third kappa shape index (κ3) is 5.82. The quantitative estimate of drug-likeness (QED) is 0.638. The van der Waals surface area contributed by atoms with Crippen LogP contribution in [0.2, 0.25) is 0 Å². The molecular formula is C24H32N6O2. The van der Waals surface area contributed by atoms with Crippen molar-refractivity contribution in [3.8, 4) is 0 Å². The van der Waals surface area contributed by atoms with E-state index >= 15 is 0 Å². The van der Waals surface area contributed by atoms with E-state index < -0.39 is 0 Å². The van der Waals surface area contributed by atoms with Crippen molar-refractivity contribution in [3.05, 3.63) is 53.6 Å². The Morgan fingerprint density at radius 3 is 2.59 bits per heavy atom. The maximum absolute atomic E-state index is 12.6. The molecule has 2 aliphatic rings. The molecule has 0 unspecified atom stereocenters. The lowest BCUT2D eigenvalue weighted by atomic mass is 10.0. The van der Waals surface area contributed by atoms with E-state index in [4.69, 9.17) is 0 Å². The number of anilines is 1. The Morgan fingerprint density at radius 2 is 1.94 bits per heavy atom. The number of hydrogen-bond acceptors (Lipinski definition) is 6. The van der Waals surface area contributed by atoms with Gasteiger partial charge in [0.15, 0.2) is 0 Å². The van der Waals surface area contributed by atoms with Crippen LogP contribution in [0.5, 0.6) is 0 Å². The topological polar surface area (TPSA) is 81.7 Å². The number of rotatable bonds is 8. The Bertz CT molecular complexity index is 939. The average Bonchev–Trinajstić information content (AvgIpc) is 3.63. The molecule has 4 rings (SSSR count). The van der Waals surface area contributed by atoms with Crippen LogP contribution in [0, 0.1) is 12.8 Å². The second kappa shape index (κ2) is 10.1. The zero-order valence-corrected chi connectivity index (χ0v) is 19.0. The van der Waals surface area contributed by atoms with Gasteiger partial charge >= 0.3 is 0 Å². The maximum Gasteiger partial charge on any atom is 0.284 e. The second-order valence-electron chi connectivity index (χ2n) is 8.78. The summed E-state index contributed by atoms with van der Waals surface area (Å²) >= 11 is 0. The first kappa shape index (κ1) is 22.2. The minimum absolute atomic E-state index is 0.147. The molecule has 8 nitrogen and oxygen atoms in total. The van der Waals surface area contributed by atoms with Crippen LogP contribution < -0.4 is 10.3 Å². The predicted octanol–water partition coefficient (Wildman–Crippen LogP) is 2.05. The summed E-state index contributed by atoms with van der Waals surface area (Å²) in [5.41, 5.74) is 7.16. The largest absolute Gasteiger partial charge is 0.368 e. The van der Waals surface area contributed by atoms with Gasteiger partial charge in [0.1, 0.15) is 12.0 Å². The van der Waals surface area contributed by atoms with E-state index in [1.54, 1.807) is 19.2 Å². The van der Waals surface area contributed by atoms with Crippen LogP contribution in [-0.4, -0.2) is 71.0 Å². The molecule has 1 N–H and O–H groups in total. The first-order valence-corrected chi connectivity index (χ1v) is 11.4. The number of benzene rings is 1. The molecule has 1 aliphatic heterocycles. The highest BCUT2D eigenvalue weighted by atomic mass is 16.2. The molecule has 32 heavy (non-hydrogen) atoms. The number of amides is 2. The van der Waals surface area contributed by atoms with Crippen LogP contribution in [0.3, 0.4) is 0 Å². The summed E-state index contributed by atoms with van der Waals surface area (Å²) in [6, 6.07) is 8.23. The van der Waals surface area contributed by atoms with E-state index in [-0.39, 0.29) is 11.8 Å². The van der Waals surface area contributed by atoms with Gasteiger partial charge in [-0.05, 0) is 61.4 Å². The molecule has 1 aromatic heterocycles. The first-order chi connectivity index (χ1) is 15.5. The minimum atomic E-state index is -0.193. The second-order valence-corrected chi connectivity index (χ2v) is 8.78. The first-order valence-electron chi connectivity index (χ1n) is 11.4. The molecule has 1 aliphatic carbocycles. The third-order valence-corrected chi connectivity index (χ3v) is 6.32. The van der Waals surface area contributed by atoms with Gasteiger partial charge in [-0.15, -0.1) is 0 Å². The van der Waals surface area contributed by atoms with Gasteiger partial charge in [-0.1, -0.05) is 6.07 Å². The molecule has 1 saturated carbocycles. The van der Waals surface area contributed by atoms with Crippen molar-refractivity contribution in [1.82, 2.24) is 25.3 Å². The Morgan fingerprint density at radius 1 is 1.16 bits per heavy atom. The minimum Gasteiger partial charge on any atom is -0.368 e. The summed E-state index contributed by atoms with van der Waals surface area (Å²) in [6.07, 6.45) is 6.27. The van der Waals surface area contributed by atoms with E-state index in [2.05, 4.69) is 45.4 Å². The molecule has 2 aromatic rings. The lowest BCUT2D eigenvalue weighted by molar-refractivity contribution is -0.129. The monoisotopic (exact) mass is 436 g/mol. The number of carbonyl (C=O) groups is 2. The van der Waals surface area contributed by atoms with Crippen molar-refractivity contribution in [1.29, 1.82) is 0 Å². The highest BCUT2D eigenvalue weighted by Gasteiger charge is 2.26.